The minimum absolute atomic E-state index is 0.172. The quantitative estimate of drug-likeness (QED) is 0.416. The number of hydrogen-bond donors (Lipinski definition) is 4. The van der Waals surface area contributed by atoms with E-state index in [1.807, 2.05) is 0 Å². The standard InChI is InChI=1S/C16H12Cl2N4O2/c17-9-2-4-13-8(5-9)6-14(20-13)16(24)22-21-15(23)11-7-10(18)1-3-12(11)19/h1-7,20H,19H2,(H,21,23)(H,22,24). The number of rotatable bonds is 2. The normalized spacial score (nSPS) is 10.6. The van der Waals surface area contributed by atoms with Crippen LogP contribution in [0.25, 0.3) is 10.9 Å². The number of fused-ring (bicyclic) bond motifs is 1. The fraction of sp³-hybridized carbons (Fsp3) is 0. The van der Waals surface area contributed by atoms with Crippen LogP contribution in [0.3, 0.4) is 0 Å². The van der Waals surface area contributed by atoms with Crippen molar-refractivity contribution in [1.82, 2.24) is 15.8 Å². The number of hydrogen-bond acceptors (Lipinski definition) is 3. The van der Waals surface area contributed by atoms with Gasteiger partial charge in [0.1, 0.15) is 5.69 Å². The smallest absolute Gasteiger partial charge is 0.286 e. The van der Waals surface area contributed by atoms with E-state index >= 15 is 0 Å². The second kappa shape index (κ2) is 6.43. The first kappa shape index (κ1) is 16.2. The summed E-state index contributed by atoms with van der Waals surface area (Å²) >= 11 is 11.8. The van der Waals surface area contributed by atoms with Crippen LogP contribution in [0, 0.1) is 0 Å². The number of halogens is 2. The average molecular weight is 363 g/mol. The number of aromatic nitrogens is 1. The maximum absolute atomic E-state index is 12.1. The predicted molar refractivity (Wildman–Crippen MR) is 94.1 cm³/mol. The van der Waals surface area contributed by atoms with Crippen molar-refractivity contribution in [3.63, 3.8) is 0 Å². The van der Waals surface area contributed by atoms with Gasteiger partial charge in [-0.2, -0.15) is 0 Å². The molecule has 0 atom stereocenters. The van der Waals surface area contributed by atoms with Gasteiger partial charge >= 0.3 is 0 Å². The Bertz CT molecular complexity index is 952. The van der Waals surface area contributed by atoms with E-state index in [-0.39, 0.29) is 16.9 Å². The van der Waals surface area contributed by atoms with Crippen LogP contribution >= 0.6 is 23.2 Å². The van der Waals surface area contributed by atoms with E-state index in [1.54, 1.807) is 30.3 Å². The number of nitrogens with two attached hydrogens (primary N) is 1. The zero-order valence-electron chi connectivity index (χ0n) is 12.2. The summed E-state index contributed by atoms with van der Waals surface area (Å²) < 4.78 is 0. The van der Waals surface area contributed by atoms with Crippen molar-refractivity contribution in [2.75, 3.05) is 5.73 Å². The number of benzene rings is 2. The molecule has 0 aliphatic heterocycles. The van der Waals surface area contributed by atoms with E-state index in [0.29, 0.717) is 10.0 Å². The van der Waals surface area contributed by atoms with Gasteiger partial charge < -0.3 is 10.7 Å². The van der Waals surface area contributed by atoms with Gasteiger partial charge in [-0.15, -0.1) is 0 Å². The summed E-state index contributed by atoms with van der Waals surface area (Å²) in [6.45, 7) is 0. The van der Waals surface area contributed by atoms with E-state index in [0.717, 1.165) is 10.9 Å². The molecule has 1 aromatic heterocycles. The number of anilines is 1. The molecule has 0 saturated heterocycles. The molecule has 6 nitrogen and oxygen atoms in total. The maximum atomic E-state index is 12.1. The molecule has 0 spiro atoms. The average Bonchev–Trinajstić information content (AvgIpc) is 2.97. The van der Waals surface area contributed by atoms with Gasteiger partial charge in [-0.05, 0) is 42.5 Å². The number of hydrazine groups is 1. The molecule has 0 radical (unpaired) electrons. The Hall–Kier alpha value is -2.70. The van der Waals surface area contributed by atoms with Gasteiger partial charge in [0, 0.05) is 26.6 Å². The summed E-state index contributed by atoms with van der Waals surface area (Å²) in [5, 5.41) is 1.73. The summed E-state index contributed by atoms with van der Waals surface area (Å²) in [7, 11) is 0. The number of nitrogens with one attached hydrogen (secondary N) is 3. The first-order chi connectivity index (χ1) is 11.4. The molecule has 8 heteroatoms. The molecule has 1 heterocycles. The Morgan fingerprint density at radius 1 is 0.917 bits per heavy atom. The first-order valence-electron chi connectivity index (χ1n) is 6.88. The number of nitrogen functional groups attached to an aromatic ring is 1. The molecule has 0 aliphatic carbocycles. The van der Waals surface area contributed by atoms with Crippen LogP contribution in [-0.4, -0.2) is 16.8 Å². The third-order valence-corrected chi connectivity index (χ3v) is 3.85. The van der Waals surface area contributed by atoms with Gasteiger partial charge in [0.15, 0.2) is 0 Å². The minimum Gasteiger partial charge on any atom is -0.398 e. The van der Waals surface area contributed by atoms with Gasteiger partial charge in [-0.3, -0.25) is 20.4 Å². The molecule has 0 saturated carbocycles. The van der Waals surface area contributed by atoms with Crippen LogP contribution < -0.4 is 16.6 Å². The molecule has 3 aromatic rings. The van der Waals surface area contributed by atoms with Crippen molar-refractivity contribution in [3.8, 4) is 0 Å². The van der Waals surface area contributed by atoms with Crippen molar-refractivity contribution in [2.24, 2.45) is 0 Å². The summed E-state index contributed by atoms with van der Waals surface area (Å²) in [6.07, 6.45) is 0. The molecule has 0 bridgehead atoms. The van der Waals surface area contributed by atoms with Gasteiger partial charge in [-0.25, -0.2) is 0 Å². The molecule has 2 amide bonds. The number of amides is 2. The molecule has 24 heavy (non-hydrogen) atoms. The fourth-order valence-electron chi connectivity index (χ4n) is 2.20. The Balaban J connectivity index is 1.72. The van der Waals surface area contributed by atoms with Crippen LogP contribution in [0.2, 0.25) is 10.0 Å². The van der Waals surface area contributed by atoms with Crippen molar-refractivity contribution in [3.05, 3.63) is 63.8 Å². The molecule has 3 rings (SSSR count). The highest BCUT2D eigenvalue weighted by molar-refractivity contribution is 6.31. The second-order valence-electron chi connectivity index (χ2n) is 5.05. The van der Waals surface area contributed by atoms with Crippen LogP contribution in [0.1, 0.15) is 20.8 Å². The topological polar surface area (TPSA) is 100 Å². The third kappa shape index (κ3) is 3.29. The summed E-state index contributed by atoms with van der Waals surface area (Å²) in [4.78, 5) is 27.2. The van der Waals surface area contributed by atoms with Gasteiger partial charge in [-0.1, -0.05) is 23.2 Å². The van der Waals surface area contributed by atoms with Gasteiger partial charge in [0.25, 0.3) is 11.8 Å². The SMILES string of the molecule is Nc1ccc(Cl)cc1C(=O)NNC(=O)c1cc2cc(Cl)ccc2[nH]1. The number of carbonyl (C=O) groups is 2. The van der Waals surface area contributed by atoms with Crippen LogP contribution in [-0.2, 0) is 0 Å². The molecule has 2 aromatic carbocycles. The lowest BCUT2D eigenvalue weighted by molar-refractivity contribution is 0.0845. The summed E-state index contributed by atoms with van der Waals surface area (Å²) in [6, 6.07) is 11.4. The summed E-state index contributed by atoms with van der Waals surface area (Å²) in [5.41, 5.74) is 11.8. The molecular formula is C16H12Cl2N4O2. The highest BCUT2D eigenvalue weighted by Crippen LogP contribution is 2.20. The van der Waals surface area contributed by atoms with Gasteiger partial charge in [0.05, 0.1) is 5.56 Å². The van der Waals surface area contributed by atoms with Crippen molar-refractivity contribution < 1.29 is 9.59 Å². The first-order valence-corrected chi connectivity index (χ1v) is 7.63. The van der Waals surface area contributed by atoms with Crippen molar-refractivity contribution in [1.29, 1.82) is 0 Å². The number of aromatic amines is 1. The Morgan fingerprint density at radius 2 is 1.58 bits per heavy atom. The molecular weight excluding hydrogens is 351 g/mol. The lowest BCUT2D eigenvalue weighted by Gasteiger charge is -2.08. The van der Waals surface area contributed by atoms with E-state index in [2.05, 4.69) is 15.8 Å². The number of carbonyl (C=O) groups excluding carboxylic acids is 2. The van der Waals surface area contributed by atoms with Crippen LogP contribution in [0.15, 0.2) is 42.5 Å². The lowest BCUT2D eigenvalue weighted by Crippen LogP contribution is -2.42. The minimum atomic E-state index is -0.567. The summed E-state index contributed by atoms with van der Waals surface area (Å²) in [5.74, 6) is -1.07. The van der Waals surface area contributed by atoms with Crippen molar-refractivity contribution in [2.45, 2.75) is 0 Å². The maximum Gasteiger partial charge on any atom is 0.286 e. The third-order valence-electron chi connectivity index (χ3n) is 3.38. The second-order valence-corrected chi connectivity index (χ2v) is 5.93. The number of H-pyrrole nitrogens is 1. The highest BCUT2D eigenvalue weighted by Gasteiger charge is 2.14. The Kier molecular flexibility index (Phi) is 4.33. The van der Waals surface area contributed by atoms with E-state index in [4.69, 9.17) is 28.9 Å². The molecule has 0 unspecified atom stereocenters. The fourth-order valence-corrected chi connectivity index (χ4v) is 2.55. The van der Waals surface area contributed by atoms with E-state index in [1.165, 1.54) is 12.1 Å². The van der Waals surface area contributed by atoms with E-state index in [9.17, 15) is 9.59 Å². The van der Waals surface area contributed by atoms with Gasteiger partial charge in [0.2, 0.25) is 0 Å². The Morgan fingerprint density at radius 3 is 2.38 bits per heavy atom. The van der Waals surface area contributed by atoms with E-state index < -0.39 is 11.8 Å². The van der Waals surface area contributed by atoms with Crippen LogP contribution in [0.4, 0.5) is 5.69 Å². The zero-order valence-corrected chi connectivity index (χ0v) is 13.7. The molecule has 122 valence electrons. The molecule has 5 N–H and O–H groups in total. The van der Waals surface area contributed by atoms with Crippen LogP contribution in [0.5, 0.6) is 0 Å². The Labute approximate surface area is 146 Å². The van der Waals surface area contributed by atoms with Crippen molar-refractivity contribution >= 4 is 51.6 Å². The molecule has 0 aliphatic rings. The zero-order chi connectivity index (χ0) is 17.3. The highest BCUT2D eigenvalue weighted by atomic mass is 35.5. The molecule has 0 fully saturated rings. The predicted octanol–water partition coefficient (Wildman–Crippen LogP) is 3.13. The monoisotopic (exact) mass is 362 g/mol. The largest absolute Gasteiger partial charge is 0.398 e. The lowest BCUT2D eigenvalue weighted by atomic mass is 10.2.